The number of ether oxygens (including phenoxy) is 1. The van der Waals surface area contributed by atoms with Crippen molar-refractivity contribution in [3.63, 3.8) is 0 Å². The zero-order valence-electron chi connectivity index (χ0n) is 14.7. The fourth-order valence-electron chi connectivity index (χ4n) is 3.03. The number of hydrogen-bond donors (Lipinski definition) is 0. The normalized spacial score (nSPS) is 10.7. The molecule has 0 radical (unpaired) electrons. The van der Waals surface area contributed by atoms with Gasteiger partial charge < -0.3 is 9.30 Å². The topological polar surface area (TPSA) is 50.8 Å². The first-order valence-corrected chi connectivity index (χ1v) is 8.88. The zero-order chi connectivity index (χ0) is 18.8. The van der Waals surface area contributed by atoms with Gasteiger partial charge >= 0.3 is 0 Å². The van der Waals surface area contributed by atoms with Gasteiger partial charge in [0.15, 0.2) is 0 Å². The Hall–Kier alpha value is -3.29. The smallest absolute Gasteiger partial charge is 0.131 e. The number of nitriles is 1. The monoisotopic (exact) mass is 373 g/mol. The van der Waals surface area contributed by atoms with Crippen LogP contribution in [0, 0.1) is 18.3 Å². The van der Waals surface area contributed by atoms with Crippen molar-refractivity contribution in [2.75, 3.05) is 0 Å². The Morgan fingerprint density at radius 2 is 1.89 bits per heavy atom. The predicted molar refractivity (Wildman–Crippen MR) is 106 cm³/mol. The highest BCUT2D eigenvalue weighted by Crippen LogP contribution is 2.26. The predicted octanol–water partition coefficient (Wildman–Crippen LogP) is 5.44. The Morgan fingerprint density at radius 1 is 1.11 bits per heavy atom. The molecule has 4 aromatic rings. The molecule has 5 heteroatoms. The highest BCUT2D eigenvalue weighted by Gasteiger charge is 2.08. The van der Waals surface area contributed by atoms with Crippen molar-refractivity contribution in [1.82, 2.24) is 9.55 Å². The summed E-state index contributed by atoms with van der Waals surface area (Å²) in [5.41, 5.74) is 4.27. The molecule has 27 heavy (non-hydrogen) atoms. The summed E-state index contributed by atoms with van der Waals surface area (Å²) < 4.78 is 7.83. The number of benzene rings is 2. The summed E-state index contributed by atoms with van der Waals surface area (Å²) >= 11 is 6.01. The minimum atomic E-state index is 0.450. The molecule has 2 aromatic carbocycles. The molecule has 0 atom stereocenters. The van der Waals surface area contributed by atoms with Crippen LogP contribution in [-0.2, 0) is 6.61 Å². The Kier molecular flexibility index (Phi) is 4.53. The van der Waals surface area contributed by atoms with E-state index in [1.165, 1.54) is 0 Å². The molecule has 0 aliphatic rings. The van der Waals surface area contributed by atoms with Crippen molar-refractivity contribution < 1.29 is 4.74 Å². The van der Waals surface area contributed by atoms with Gasteiger partial charge in [-0.15, -0.1) is 0 Å². The average Bonchev–Trinajstić information content (AvgIpc) is 3.07. The molecule has 2 heterocycles. The first kappa shape index (κ1) is 17.1. The molecule has 0 saturated heterocycles. The van der Waals surface area contributed by atoms with Gasteiger partial charge in [0.1, 0.15) is 24.1 Å². The van der Waals surface area contributed by atoms with Gasteiger partial charge in [-0.3, -0.25) is 4.98 Å². The van der Waals surface area contributed by atoms with Gasteiger partial charge in [0.05, 0.1) is 10.5 Å². The van der Waals surface area contributed by atoms with Crippen molar-refractivity contribution in [3.05, 3.63) is 88.8 Å². The van der Waals surface area contributed by atoms with Crippen molar-refractivity contribution in [1.29, 1.82) is 5.26 Å². The molecule has 132 valence electrons. The van der Waals surface area contributed by atoms with Crippen LogP contribution >= 0.6 is 11.6 Å². The summed E-state index contributed by atoms with van der Waals surface area (Å²) in [6, 6.07) is 21.6. The fourth-order valence-corrected chi connectivity index (χ4v) is 3.23. The number of para-hydroxylation sites is 1. The van der Waals surface area contributed by atoms with E-state index >= 15 is 0 Å². The van der Waals surface area contributed by atoms with Gasteiger partial charge in [-0.25, -0.2) is 0 Å². The zero-order valence-corrected chi connectivity index (χ0v) is 15.4. The van der Waals surface area contributed by atoms with Crippen LogP contribution in [0.3, 0.4) is 0 Å². The first-order chi connectivity index (χ1) is 13.1. The molecule has 0 spiro atoms. The number of pyridine rings is 1. The van der Waals surface area contributed by atoms with Crippen LogP contribution in [0.25, 0.3) is 16.6 Å². The molecule has 0 fully saturated rings. The quantitative estimate of drug-likeness (QED) is 0.478. The molecule has 4 nitrogen and oxygen atoms in total. The average molecular weight is 374 g/mol. The summed E-state index contributed by atoms with van der Waals surface area (Å²) in [4.78, 5) is 4.53. The Morgan fingerprint density at radius 3 is 2.67 bits per heavy atom. The van der Waals surface area contributed by atoms with Crippen LogP contribution in [0.1, 0.15) is 17.0 Å². The van der Waals surface area contributed by atoms with Gasteiger partial charge in [0.2, 0.25) is 0 Å². The summed E-state index contributed by atoms with van der Waals surface area (Å²) in [6.07, 6.45) is 1.73. The molecule has 0 unspecified atom stereocenters. The van der Waals surface area contributed by atoms with Crippen LogP contribution in [0.2, 0.25) is 5.02 Å². The SMILES string of the molecule is Cc1cc(OCc2ccc(-n3cc(Cl)cc3C#N)cc2)c2ccccc2n1. The number of aryl methyl sites for hydroxylation is 1. The van der Waals surface area contributed by atoms with E-state index in [9.17, 15) is 5.26 Å². The van der Waals surface area contributed by atoms with Crippen molar-refractivity contribution in [3.8, 4) is 17.5 Å². The minimum absolute atomic E-state index is 0.450. The van der Waals surface area contributed by atoms with Crippen LogP contribution in [0.4, 0.5) is 0 Å². The molecule has 2 aromatic heterocycles. The largest absolute Gasteiger partial charge is 0.488 e. The second kappa shape index (κ2) is 7.14. The van der Waals surface area contributed by atoms with E-state index < -0.39 is 0 Å². The lowest BCUT2D eigenvalue weighted by Gasteiger charge is -2.11. The third kappa shape index (κ3) is 3.51. The molecule has 0 aliphatic heterocycles. The van der Waals surface area contributed by atoms with Crippen molar-refractivity contribution in [2.45, 2.75) is 13.5 Å². The highest BCUT2D eigenvalue weighted by molar-refractivity contribution is 6.30. The standard InChI is InChI=1S/C22H16ClN3O/c1-15-10-22(20-4-2-3-5-21(20)25-15)27-14-16-6-8-18(9-7-16)26-13-17(23)11-19(26)12-24/h2-11,13H,14H2,1H3. The lowest BCUT2D eigenvalue weighted by molar-refractivity contribution is 0.309. The first-order valence-electron chi connectivity index (χ1n) is 8.50. The van der Waals surface area contributed by atoms with Gasteiger partial charge in [-0.1, -0.05) is 35.9 Å². The van der Waals surface area contributed by atoms with E-state index in [0.29, 0.717) is 17.3 Å². The van der Waals surface area contributed by atoms with Crippen LogP contribution in [0.5, 0.6) is 5.75 Å². The van der Waals surface area contributed by atoms with Crippen LogP contribution in [0.15, 0.2) is 66.9 Å². The van der Waals surface area contributed by atoms with Crippen LogP contribution < -0.4 is 4.74 Å². The fraction of sp³-hybridized carbons (Fsp3) is 0.0909. The van der Waals surface area contributed by atoms with Gasteiger partial charge in [-0.2, -0.15) is 5.26 Å². The van der Waals surface area contributed by atoms with E-state index in [1.54, 1.807) is 16.8 Å². The summed E-state index contributed by atoms with van der Waals surface area (Å²) in [5, 5.41) is 10.8. The molecule has 0 amide bonds. The lowest BCUT2D eigenvalue weighted by atomic mass is 10.2. The minimum Gasteiger partial charge on any atom is -0.488 e. The number of nitrogens with zero attached hydrogens (tertiary/aromatic N) is 3. The molecule has 0 saturated carbocycles. The molecule has 0 N–H and O–H groups in total. The number of rotatable bonds is 4. The Balaban J connectivity index is 1.56. The number of fused-ring (bicyclic) bond motifs is 1. The maximum atomic E-state index is 9.21. The number of halogens is 1. The second-order valence-corrected chi connectivity index (χ2v) is 6.70. The molecular formula is C22H16ClN3O. The van der Waals surface area contributed by atoms with Gasteiger partial charge in [-0.05, 0) is 42.8 Å². The van der Waals surface area contributed by atoms with Gasteiger partial charge in [0, 0.05) is 29.0 Å². The maximum absolute atomic E-state index is 9.21. The highest BCUT2D eigenvalue weighted by atomic mass is 35.5. The summed E-state index contributed by atoms with van der Waals surface area (Å²) in [6.45, 7) is 2.41. The van der Waals surface area contributed by atoms with E-state index in [2.05, 4.69) is 11.1 Å². The maximum Gasteiger partial charge on any atom is 0.131 e. The molecule has 0 bridgehead atoms. The number of aromatic nitrogens is 2. The Bertz CT molecular complexity index is 1160. The van der Waals surface area contributed by atoms with E-state index in [1.807, 2.05) is 61.5 Å². The molecule has 0 aliphatic carbocycles. The third-order valence-corrected chi connectivity index (χ3v) is 4.52. The van der Waals surface area contributed by atoms with Gasteiger partial charge in [0.25, 0.3) is 0 Å². The summed E-state index contributed by atoms with van der Waals surface area (Å²) in [7, 11) is 0. The Labute approximate surface area is 162 Å². The van der Waals surface area contributed by atoms with E-state index in [-0.39, 0.29) is 0 Å². The van der Waals surface area contributed by atoms with E-state index in [0.717, 1.165) is 33.6 Å². The third-order valence-electron chi connectivity index (χ3n) is 4.32. The van der Waals surface area contributed by atoms with Crippen LogP contribution in [-0.4, -0.2) is 9.55 Å². The van der Waals surface area contributed by atoms with Crippen molar-refractivity contribution >= 4 is 22.5 Å². The molecular weight excluding hydrogens is 358 g/mol. The van der Waals surface area contributed by atoms with Crippen molar-refractivity contribution in [2.24, 2.45) is 0 Å². The second-order valence-electron chi connectivity index (χ2n) is 6.26. The lowest BCUT2D eigenvalue weighted by Crippen LogP contribution is -1.99. The van der Waals surface area contributed by atoms with E-state index in [4.69, 9.17) is 16.3 Å². The number of hydrogen-bond acceptors (Lipinski definition) is 3. The molecule has 4 rings (SSSR count). The summed E-state index contributed by atoms with van der Waals surface area (Å²) in [5.74, 6) is 0.825.